The molecule has 10 heteroatoms. The van der Waals surface area contributed by atoms with Crippen LogP contribution >= 0.6 is 0 Å². The normalized spacial score (nSPS) is 12.2. The summed E-state index contributed by atoms with van der Waals surface area (Å²) in [6.45, 7) is 1.44. The lowest BCUT2D eigenvalue weighted by Gasteiger charge is -2.08. The average molecular weight is 356 g/mol. The van der Waals surface area contributed by atoms with Gasteiger partial charge in [-0.1, -0.05) is 18.2 Å². The van der Waals surface area contributed by atoms with Gasteiger partial charge in [0.25, 0.3) is 6.43 Å². The topological polar surface area (TPSA) is 90.3 Å². The SMILES string of the molecule is Cc1nn2cc(-c3cccc(C(F)F)c3F)cnc2c1S(N)(=O)=O. The van der Waals surface area contributed by atoms with Gasteiger partial charge < -0.3 is 0 Å². The fourth-order valence-electron chi connectivity index (χ4n) is 2.44. The van der Waals surface area contributed by atoms with E-state index < -0.39 is 27.8 Å². The van der Waals surface area contributed by atoms with Crippen LogP contribution in [0.3, 0.4) is 0 Å². The standard InChI is InChI=1S/C14H11F3N4O2S/c1-7-12(24(18,22)23)14-19-5-8(6-21(14)20-7)9-3-2-4-10(11(9)15)13(16)17/h2-6,13H,1H3,(H2,18,22,23). The van der Waals surface area contributed by atoms with Crippen molar-refractivity contribution in [1.29, 1.82) is 0 Å². The first-order valence-electron chi connectivity index (χ1n) is 6.65. The van der Waals surface area contributed by atoms with Gasteiger partial charge in [0.2, 0.25) is 10.0 Å². The minimum absolute atomic E-state index is 0.0239. The van der Waals surface area contributed by atoms with Gasteiger partial charge in [-0.2, -0.15) is 5.10 Å². The molecule has 2 N–H and O–H groups in total. The van der Waals surface area contributed by atoms with Crippen LogP contribution in [0, 0.1) is 12.7 Å². The number of nitrogens with two attached hydrogens (primary N) is 1. The number of rotatable bonds is 3. The molecule has 0 saturated carbocycles. The fourth-order valence-corrected chi connectivity index (χ4v) is 3.29. The van der Waals surface area contributed by atoms with Crippen molar-refractivity contribution in [2.24, 2.45) is 5.14 Å². The van der Waals surface area contributed by atoms with Crippen LogP contribution in [-0.4, -0.2) is 23.0 Å². The number of hydrogen-bond donors (Lipinski definition) is 1. The maximum atomic E-state index is 14.2. The monoisotopic (exact) mass is 356 g/mol. The Bertz CT molecular complexity index is 1050. The summed E-state index contributed by atoms with van der Waals surface area (Å²) in [5.74, 6) is -1.07. The number of sulfonamides is 1. The Morgan fingerprint density at radius 1 is 1.29 bits per heavy atom. The molecule has 0 amide bonds. The molecular weight excluding hydrogens is 345 g/mol. The van der Waals surface area contributed by atoms with E-state index in [1.54, 1.807) is 0 Å². The summed E-state index contributed by atoms with van der Waals surface area (Å²) >= 11 is 0. The third kappa shape index (κ3) is 2.63. The van der Waals surface area contributed by atoms with Gasteiger partial charge in [-0.25, -0.2) is 36.2 Å². The van der Waals surface area contributed by atoms with Crippen molar-refractivity contribution in [3.8, 4) is 11.1 Å². The second kappa shape index (κ2) is 5.56. The number of primary sulfonamides is 1. The lowest BCUT2D eigenvalue weighted by atomic mass is 10.0. The Morgan fingerprint density at radius 2 is 2.00 bits per heavy atom. The number of benzene rings is 1. The van der Waals surface area contributed by atoms with E-state index in [2.05, 4.69) is 10.1 Å². The fraction of sp³-hybridized carbons (Fsp3) is 0.143. The Balaban J connectivity index is 2.22. The van der Waals surface area contributed by atoms with Crippen LogP contribution in [0.2, 0.25) is 0 Å². The van der Waals surface area contributed by atoms with E-state index >= 15 is 0 Å². The minimum Gasteiger partial charge on any atom is -0.235 e. The Morgan fingerprint density at radius 3 is 2.62 bits per heavy atom. The molecule has 2 heterocycles. The van der Waals surface area contributed by atoms with Crippen molar-refractivity contribution >= 4 is 15.7 Å². The molecule has 1 aromatic carbocycles. The molecule has 6 nitrogen and oxygen atoms in total. The van der Waals surface area contributed by atoms with Crippen LogP contribution in [-0.2, 0) is 10.0 Å². The van der Waals surface area contributed by atoms with Gasteiger partial charge >= 0.3 is 0 Å². The molecule has 0 aliphatic heterocycles. The van der Waals surface area contributed by atoms with Crippen molar-refractivity contribution in [3.05, 3.63) is 47.7 Å². The van der Waals surface area contributed by atoms with E-state index in [9.17, 15) is 21.6 Å². The lowest BCUT2D eigenvalue weighted by molar-refractivity contribution is 0.146. The molecule has 0 unspecified atom stereocenters. The summed E-state index contributed by atoms with van der Waals surface area (Å²) in [7, 11) is -4.04. The van der Waals surface area contributed by atoms with Gasteiger partial charge in [0.05, 0.1) is 11.3 Å². The largest absolute Gasteiger partial charge is 0.266 e. The molecule has 24 heavy (non-hydrogen) atoms. The molecule has 0 spiro atoms. The summed E-state index contributed by atoms with van der Waals surface area (Å²) in [5.41, 5.74) is -0.541. The summed E-state index contributed by atoms with van der Waals surface area (Å²) in [6.07, 6.45) is -0.473. The first kappa shape index (κ1) is 16.4. The summed E-state index contributed by atoms with van der Waals surface area (Å²) in [4.78, 5) is 3.71. The lowest BCUT2D eigenvalue weighted by Crippen LogP contribution is -2.13. The maximum Gasteiger partial charge on any atom is 0.266 e. The zero-order valence-corrected chi connectivity index (χ0v) is 13.1. The number of fused-ring (bicyclic) bond motifs is 1. The predicted octanol–water partition coefficient (Wildman–Crippen LogP) is 2.43. The zero-order valence-electron chi connectivity index (χ0n) is 12.2. The highest BCUT2D eigenvalue weighted by atomic mass is 32.2. The highest BCUT2D eigenvalue weighted by molar-refractivity contribution is 7.89. The Kier molecular flexibility index (Phi) is 3.80. The molecule has 0 aliphatic carbocycles. The first-order chi connectivity index (χ1) is 11.2. The molecule has 3 aromatic rings. The number of hydrogen-bond acceptors (Lipinski definition) is 4. The van der Waals surface area contributed by atoms with Gasteiger partial charge in [0.1, 0.15) is 10.7 Å². The Labute approximate surface area is 134 Å². The summed E-state index contributed by atoms with van der Waals surface area (Å²) in [6, 6.07) is 3.61. The van der Waals surface area contributed by atoms with Gasteiger partial charge in [-0.15, -0.1) is 0 Å². The van der Waals surface area contributed by atoms with E-state index in [-0.39, 0.29) is 27.4 Å². The summed E-state index contributed by atoms with van der Waals surface area (Å²) in [5, 5.41) is 9.11. The third-order valence-electron chi connectivity index (χ3n) is 3.45. The van der Waals surface area contributed by atoms with Crippen molar-refractivity contribution in [3.63, 3.8) is 0 Å². The van der Waals surface area contributed by atoms with Crippen molar-refractivity contribution in [1.82, 2.24) is 14.6 Å². The van der Waals surface area contributed by atoms with Gasteiger partial charge in [-0.05, 0) is 6.92 Å². The highest BCUT2D eigenvalue weighted by Gasteiger charge is 2.22. The van der Waals surface area contributed by atoms with E-state index in [0.717, 1.165) is 10.6 Å². The molecule has 0 aliphatic rings. The maximum absolute atomic E-state index is 14.2. The second-order valence-corrected chi connectivity index (χ2v) is 6.58. The van der Waals surface area contributed by atoms with Gasteiger partial charge in [0, 0.05) is 23.5 Å². The average Bonchev–Trinajstić information content (AvgIpc) is 2.81. The van der Waals surface area contributed by atoms with E-state index in [1.807, 2.05) is 0 Å². The number of aryl methyl sites for hydroxylation is 1. The third-order valence-corrected chi connectivity index (χ3v) is 4.50. The molecule has 0 fully saturated rings. The Hall–Kier alpha value is -2.46. The molecule has 0 saturated heterocycles. The van der Waals surface area contributed by atoms with Crippen molar-refractivity contribution in [2.45, 2.75) is 18.2 Å². The van der Waals surface area contributed by atoms with Crippen LogP contribution in [0.1, 0.15) is 17.7 Å². The van der Waals surface area contributed by atoms with Crippen molar-refractivity contribution < 1.29 is 21.6 Å². The van der Waals surface area contributed by atoms with Gasteiger partial charge in [0.15, 0.2) is 5.65 Å². The molecule has 3 rings (SSSR count). The number of halogens is 3. The van der Waals surface area contributed by atoms with E-state index in [0.29, 0.717) is 0 Å². The number of nitrogens with zero attached hydrogens (tertiary/aromatic N) is 3. The molecule has 0 atom stereocenters. The second-order valence-electron chi connectivity index (χ2n) is 5.08. The molecular formula is C14H11F3N4O2S. The molecule has 2 aromatic heterocycles. The smallest absolute Gasteiger partial charge is 0.235 e. The highest BCUT2D eigenvalue weighted by Crippen LogP contribution is 2.30. The molecule has 0 radical (unpaired) electrons. The predicted molar refractivity (Wildman–Crippen MR) is 79.4 cm³/mol. The molecule has 0 bridgehead atoms. The number of alkyl halides is 2. The zero-order chi connectivity index (χ0) is 17.6. The molecule has 126 valence electrons. The van der Waals surface area contributed by atoms with Gasteiger partial charge in [-0.3, -0.25) is 0 Å². The minimum atomic E-state index is -4.04. The van der Waals surface area contributed by atoms with Crippen molar-refractivity contribution in [2.75, 3.05) is 0 Å². The van der Waals surface area contributed by atoms with Crippen LogP contribution < -0.4 is 5.14 Å². The van der Waals surface area contributed by atoms with Crippen LogP contribution in [0.4, 0.5) is 13.2 Å². The van der Waals surface area contributed by atoms with Crippen LogP contribution in [0.5, 0.6) is 0 Å². The quantitative estimate of drug-likeness (QED) is 0.780. The summed E-state index contributed by atoms with van der Waals surface area (Å²) < 4.78 is 64.2. The van der Waals surface area contributed by atoms with E-state index in [1.165, 1.54) is 31.5 Å². The van der Waals surface area contributed by atoms with E-state index in [4.69, 9.17) is 5.14 Å². The number of aromatic nitrogens is 3. The first-order valence-corrected chi connectivity index (χ1v) is 8.19. The van der Waals surface area contributed by atoms with Crippen LogP contribution in [0.25, 0.3) is 16.8 Å². The van der Waals surface area contributed by atoms with Crippen LogP contribution in [0.15, 0.2) is 35.5 Å².